The van der Waals surface area contributed by atoms with Gasteiger partial charge in [0, 0.05) is 6.42 Å². The third kappa shape index (κ3) is 5.34. The molecule has 8 heavy (non-hydrogen) atoms. The number of rotatable bonds is 2. The van der Waals surface area contributed by atoms with Gasteiger partial charge < -0.3 is 12.9 Å². The van der Waals surface area contributed by atoms with Crippen molar-refractivity contribution in [3.63, 3.8) is 0 Å². The molecule has 0 unspecified atom stereocenters. The van der Waals surface area contributed by atoms with Gasteiger partial charge in [-0.3, -0.25) is 0 Å². The van der Waals surface area contributed by atoms with Crippen LogP contribution in [-0.4, -0.2) is 6.98 Å². The van der Waals surface area contributed by atoms with E-state index in [1.165, 1.54) is 6.07 Å². The number of hydrogen-bond donors (Lipinski definition) is 0. The van der Waals surface area contributed by atoms with Gasteiger partial charge in [-0.05, 0) is 0 Å². The summed E-state index contributed by atoms with van der Waals surface area (Å²) in [4.78, 5) is 0. The summed E-state index contributed by atoms with van der Waals surface area (Å²) in [5, 5.41) is 7.69. The minimum atomic E-state index is -4.72. The molecule has 0 saturated carbocycles. The molecule has 0 amide bonds. The highest BCUT2D eigenvalue weighted by molar-refractivity contribution is 6.58. The Morgan fingerprint density at radius 3 is 2.00 bits per heavy atom. The summed E-state index contributed by atoms with van der Waals surface area (Å²) in [6.07, 6.45) is -1.35. The molecule has 0 heterocycles. The van der Waals surface area contributed by atoms with Crippen molar-refractivity contribution in [3.05, 3.63) is 0 Å². The first-order valence-electron chi connectivity index (χ1n) is 2.14. The predicted octanol–water partition coefficient (Wildman–Crippen LogP) is 1.75. The molecule has 0 saturated heterocycles. The highest BCUT2D eigenvalue weighted by atomic mass is 19.4. The standard InChI is InChI=1S/C3H4BF3N/c5-4(6,7)2-1-3-8/h1-2H2/q-1. The Morgan fingerprint density at radius 2 is 1.88 bits per heavy atom. The maximum absolute atomic E-state index is 11.2. The normalized spacial score (nSPS) is 10.8. The third-order valence-corrected chi connectivity index (χ3v) is 0.583. The van der Waals surface area contributed by atoms with Crippen LogP contribution in [0.4, 0.5) is 12.9 Å². The molecule has 0 rings (SSSR count). The molecule has 0 radical (unpaired) electrons. The van der Waals surface area contributed by atoms with Crippen LogP contribution >= 0.6 is 0 Å². The summed E-state index contributed by atoms with van der Waals surface area (Å²) in [5.74, 6) is 0. The molecule has 0 aliphatic rings. The summed E-state index contributed by atoms with van der Waals surface area (Å²) < 4.78 is 33.5. The van der Waals surface area contributed by atoms with Gasteiger partial charge in [-0.15, -0.1) is 0 Å². The molecule has 0 fully saturated rings. The zero-order chi connectivity index (χ0) is 6.62. The second-order valence-electron chi connectivity index (χ2n) is 1.41. The topological polar surface area (TPSA) is 23.8 Å². The van der Waals surface area contributed by atoms with E-state index < -0.39 is 19.7 Å². The molecule has 0 N–H and O–H groups in total. The van der Waals surface area contributed by atoms with Crippen molar-refractivity contribution in [1.29, 1.82) is 5.26 Å². The Labute approximate surface area is 45.2 Å². The lowest BCUT2D eigenvalue weighted by Crippen LogP contribution is -2.12. The van der Waals surface area contributed by atoms with Gasteiger partial charge in [-0.2, -0.15) is 5.26 Å². The lowest BCUT2D eigenvalue weighted by Gasteiger charge is -2.08. The molecular formula is C3H4BF3N-. The summed E-state index contributed by atoms with van der Waals surface area (Å²) in [6.45, 7) is -4.72. The lowest BCUT2D eigenvalue weighted by molar-refractivity contribution is 0.469. The molecule has 0 aromatic heterocycles. The molecule has 46 valence electrons. The van der Waals surface area contributed by atoms with E-state index in [1.807, 2.05) is 0 Å². The molecule has 5 heteroatoms. The first kappa shape index (κ1) is 7.34. The van der Waals surface area contributed by atoms with Gasteiger partial charge in [0.15, 0.2) is 0 Å². The van der Waals surface area contributed by atoms with Crippen molar-refractivity contribution in [2.24, 2.45) is 0 Å². The Bertz CT molecular complexity index is 102. The number of nitriles is 1. The fraction of sp³-hybridized carbons (Fsp3) is 0.667. The molecule has 0 aromatic rings. The average Bonchev–Trinajstić information content (AvgIpc) is 1.59. The van der Waals surface area contributed by atoms with Gasteiger partial charge in [0.1, 0.15) is 0 Å². The smallest absolute Gasteiger partial charge is 0.449 e. The average molecular weight is 122 g/mol. The fourth-order valence-electron chi connectivity index (χ4n) is 0.228. The zero-order valence-electron chi connectivity index (χ0n) is 4.07. The van der Waals surface area contributed by atoms with E-state index in [0.29, 0.717) is 0 Å². The van der Waals surface area contributed by atoms with Gasteiger partial charge in [-0.25, -0.2) is 0 Å². The molecule has 0 aliphatic heterocycles. The zero-order valence-corrected chi connectivity index (χ0v) is 4.07. The predicted molar refractivity (Wildman–Crippen MR) is 24.1 cm³/mol. The Balaban J connectivity index is 3.28. The van der Waals surface area contributed by atoms with E-state index in [1.54, 1.807) is 0 Å². The van der Waals surface area contributed by atoms with Crippen LogP contribution in [0, 0.1) is 11.3 Å². The van der Waals surface area contributed by atoms with Crippen LogP contribution in [0.2, 0.25) is 6.32 Å². The van der Waals surface area contributed by atoms with Crippen molar-refractivity contribution in [3.8, 4) is 6.07 Å². The highest BCUT2D eigenvalue weighted by Gasteiger charge is 2.21. The number of hydrogen-bond acceptors (Lipinski definition) is 1. The Morgan fingerprint density at radius 1 is 1.38 bits per heavy atom. The van der Waals surface area contributed by atoms with Crippen LogP contribution < -0.4 is 0 Å². The number of halogens is 3. The summed E-state index contributed by atoms with van der Waals surface area (Å²) >= 11 is 0. The van der Waals surface area contributed by atoms with Crippen LogP contribution in [0.3, 0.4) is 0 Å². The van der Waals surface area contributed by atoms with Crippen LogP contribution in [0.15, 0.2) is 0 Å². The molecule has 0 atom stereocenters. The lowest BCUT2D eigenvalue weighted by atomic mass is 9.85. The largest absolute Gasteiger partial charge is 0.479 e. The first-order valence-corrected chi connectivity index (χ1v) is 2.14. The number of nitrogens with zero attached hydrogens (tertiary/aromatic N) is 1. The maximum Gasteiger partial charge on any atom is 0.479 e. The van der Waals surface area contributed by atoms with Gasteiger partial charge in [0.2, 0.25) is 0 Å². The minimum Gasteiger partial charge on any atom is -0.449 e. The van der Waals surface area contributed by atoms with Crippen LogP contribution in [0.5, 0.6) is 0 Å². The van der Waals surface area contributed by atoms with Crippen molar-refractivity contribution in [1.82, 2.24) is 0 Å². The van der Waals surface area contributed by atoms with Crippen LogP contribution in [0.1, 0.15) is 6.42 Å². The Hall–Kier alpha value is -0.655. The molecular weight excluding hydrogens is 118 g/mol. The first-order chi connectivity index (χ1) is 3.56. The summed E-state index contributed by atoms with van der Waals surface area (Å²) in [7, 11) is 0. The van der Waals surface area contributed by atoms with Crippen LogP contribution in [-0.2, 0) is 0 Å². The molecule has 1 nitrogen and oxygen atoms in total. The van der Waals surface area contributed by atoms with Crippen molar-refractivity contribution < 1.29 is 12.9 Å². The SMILES string of the molecule is N#CCC[B-](F)(F)F. The van der Waals surface area contributed by atoms with E-state index in [9.17, 15) is 12.9 Å². The minimum absolute atomic E-state index is 0.413. The quantitative estimate of drug-likeness (QED) is 0.511. The Kier molecular flexibility index (Phi) is 2.39. The molecule has 0 aliphatic carbocycles. The van der Waals surface area contributed by atoms with Gasteiger partial charge >= 0.3 is 6.98 Å². The monoisotopic (exact) mass is 122 g/mol. The molecule has 0 aromatic carbocycles. The highest BCUT2D eigenvalue weighted by Crippen LogP contribution is 2.15. The van der Waals surface area contributed by atoms with E-state index >= 15 is 0 Å². The van der Waals surface area contributed by atoms with Crippen molar-refractivity contribution in [2.75, 3.05) is 0 Å². The summed E-state index contributed by atoms with van der Waals surface area (Å²) in [5.41, 5.74) is 0. The van der Waals surface area contributed by atoms with Crippen molar-refractivity contribution in [2.45, 2.75) is 12.7 Å². The van der Waals surface area contributed by atoms with E-state index in [0.717, 1.165) is 0 Å². The molecule has 0 spiro atoms. The summed E-state index contributed by atoms with van der Waals surface area (Å²) in [6, 6.07) is 1.42. The van der Waals surface area contributed by atoms with E-state index in [2.05, 4.69) is 0 Å². The maximum atomic E-state index is 11.2. The van der Waals surface area contributed by atoms with Gasteiger partial charge in [-0.1, -0.05) is 6.32 Å². The molecule has 0 bridgehead atoms. The van der Waals surface area contributed by atoms with E-state index in [4.69, 9.17) is 5.26 Å². The third-order valence-electron chi connectivity index (χ3n) is 0.583. The van der Waals surface area contributed by atoms with Gasteiger partial charge in [0.05, 0.1) is 6.07 Å². The second kappa shape index (κ2) is 2.60. The van der Waals surface area contributed by atoms with Crippen molar-refractivity contribution >= 4 is 6.98 Å². The van der Waals surface area contributed by atoms with E-state index in [-0.39, 0.29) is 0 Å². The van der Waals surface area contributed by atoms with Crippen LogP contribution in [0.25, 0.3) is 0 Å². The van der Waals surface area contributed by atoms with Gasteiger partial charge in [0.25, 0.3) is 0 Å². The fourth-order valence-corrected chi connectivity index (χ4v) is 0.228. The second-order valence-corrected chi connectivity index (χ2v) is 1.41.